The van der Waals surface area contributed by atoms with E-state index in [1.165, 1.54) is 16.9 Å². The van der Waals surface area contributed by atoms with Gasteiger partial charge in [0, 0.05) is 36.2 Å². The highest BCUT2D eigenvalue weighted by Gasteiger charge is 2.45. The van der Waals surface area contributed by atoms with E-state index in [0.29, 0.717) is 17.3 Å². The van der Waals surface area contributed by atoms with E-state index in [1.54, 1.807) is 29.9 Å². The fourth-order valence-electron chi connectivity index (χ4n) is 3.75. The van der Waals surface area contributed by atoms with Gasteiger partial charge in [-0.1, -0.05) is 0 Å². The minimum Gasteiger partial charge on any atom is -0.366 e. The summed E-state index contributed by atoms with van der Waals surface area (Å²) in [6.45, 7) is 0. The Balaban J connectivity index is 1.62. The molecule has 3 aromatic heterocycles. The van der Waals surface area contributed by atoms with Crippen LogP contribution >= 0.6 is 11.3 Å². The zero-order chi connectivity index (χ0) is 17.7. The molecular formula is C18H17F2N5S. The zero-order valence-electron chi connectivity index (χ0n) is 14.0. The van der Waals surface area contributed by atoms with Gasteiger partial charge in [0.15, 0.2) is 5.82 Å². The number of fused-ring (bicyclic) bond motifs is 3. The van der Waals surface area contributed by atoms with Gasteiger partial charge in [-0.2, -0.15) is 0 Å². The third-order valence-corrected chi connectivity index (χ3v) is 6.22. The standard InChI is InChI=1S/C18H17F2N5S/c19-18(20)7-10(8-18)23-16-14-11-3-1-2-4-13(11)26-17(14)25-15(24-16)12-9-21-5-6-22-12/h5-6,9-10H,1-4,7-8H2,(H,23,24,25). The van der Waals surface area contributed by atoms with Gasteiger partial charge in [0.25, 0.3) is 5.92 Å². The number of nitrogens with zero attached hydrogens (tertiary/aromatic N) is 4. The molecule has 1 saturated carbocycles. The molecule has 8 heteroatoms. The number of aryl methyl sites for hydroxylation is 2. The molecule has 0 spiro atoms. The first-order valence-electron chi connectivity index (χ1n) is 8.82. The number of nitrogens with one attached hydrogen (secondary N) is 1. The molecule has 0 bridgehead atoms. The summed E-state index contributed by atoms with van der Waals surface area (Å²) in [5, 5.41) is 4.26. The fourth-order valence-corrected chi connectivity index (χ4v) is 5.01. The molecule has 2 aliphatic carbocycles. The van der Waals surface area contributed by atoms with Crippen LogP contribution in [0.3, 0.4) is 0 Å². The van der Waals surface area contributed by atoms with E-state index in [1.807, 2.05) is 0 Å². The topological polar surface area (TPSA) is 63.6 Å². The summed E-state index contributed by atoms with van der Waals surface area (Å²) in [5.74, 6) is -1.42. The number of hydrogen-bond donors (Lipinski definition) is 1. The number of halogens is 2. The molecule has 1 fully saturated rings. The minimum atomic E-state index is -2.56. The molecule has 26 heavy (non-hydrogen) atoms. The molecule has 0 saturated heterocycles. The predicted octanol–water partition coefficient (Wildman–Crippen LogP) is 4.24. The first kappa shape index (κ1) is 16.0. The zero-order valence-corrected chi connectivity index (χ0v) is 14.8. The molecule has 0 radical (unpaired) electrons. The molecule has 3 aromatic rings. The average Bonchev–Trinajstić information content (AvgIpc) is 2.99. The van der Waals surface area contributed by atoms with E-state index in [0.717, 1.165) is 29.5 Å². The number of alkyl halides is 2. The van der Waals surface area contributed by atoms with Gasteiger partial charge >= 0.3 is 0 Å². The SMILES string of the molecule is FC1(F)CC(Nc2nc(-c3cnccn3)nc3sc4c(c23)CCCC4)C1. The normalized spacial score (nSPS) is 19.2. The van der Waals surface area contributed by atoms with Gasteiger partial charge in [-0.05, 0) is 31.2 Å². The highest BCUT2D eigenvalue weighted by molar-refractivity contribution is 7.19. The molecule has 0 aliphatic heterocycles. The predicted molar refractivity (Wildman–Crippen MR) is 96.7 cm³/mol. The summed E-state index contributed by atoms with van der Waals surface area (Å²) in [6.07, 6.45) is 8.90. The van der Waals surface area contributed by atoms with Crippen molar-refractivity contribution in [2.45, 2.75) is 50.5 Å². The van der Waals surface area contributed by atoms with Crippen molar-refractivity contribution in [2.75, 3.05) is 5.32 Å². The Labute approximate surface area is 152 Å². The Morgan fingerprint density at radius 3 is 2.73 bits per heavy atom. The second-order valence-electron chi connectivity index (χ2n) is 6.98. The quantitative estimate of drug-likeness (QED) is 0.744. The molecule has 0 unspecified atom stereocenters. The number of hydrogen-bond acceptors (Lipinski definition) is 6. The average molecular weight is 373 g/mol. The lowest BCUT2D eigenvalue weighted by molar-refractivity contribution is -0.0793. The first-order chi connectivity index (χ1) is 12.6. The summed E-state index contributed by atoms with van der Waals surface area (Å²) in [5.41, 5.74) is 1.87. The van der Waals surface area contributed by atoms with Crippen molar-refractivity contribution in [1.82, 2.24) is 19.9 Å². The van der Waals surface area contributed by atoms with Crippen molar-refractivity contribution in [2.24, 2.45) is 0 Å². The van der Waals surface area contributed by atoms with Gasteiger partial charge in [-0.25, -0.2) is 23.7 Å². The van der Waals surface area contributed by atoms with Crippen molar-refractivity contribution in [3.8, 4) is 11.5 Å². The first-order valence-corrected chi connectivity index (χ1v) is 9.64. The van der Waals surface area contributed by atoms with Crippen LogP contribution in [0.2, 0.25) is 0 Å². The lowest BCUT2D eigenvalue weighted by atomic mass is 9.88. The number of aromatic nitrogens is 4. The van der Waals surface area contributed by atoms with E-state index in [9.17, 15) is 8.78 Å². The molecule has 2 aliphatic rings. The summed E-state index contributed by atoms with van der Waals surface area (Å²) >= 11 is 1.69. The van der Waals surface area contributed by atoms with Crippen LogP contribution in [0.4, 0.5) is 14.6 Å². The smallest absolute Gasteiger partial charge is 0.252 e. The van der Waals surface area contributed by atoms with E-state index < -0.39 is 5.92 Å². The van der Waals surface area contributed by atoms with E-state index in [2.05, 4.69) is 20.3 Å². The highest BCUT2D eigenvalue weighted by atomic mass is 32.1. The Hall–Kier alpha value is -2.22. The minimum absolute atomic E-state index is 0.148. The Morgan fingerprint density at radius 2 is 1.96 bits per heavy atom. The summed E-state index contributed by atoms with van der Waals surface area (Å²) in [6, 6.07) is -0.253. The van der Waals surface area contributed by atoms with Gasteiger partial charge < -0.3 is 5.32 Å². The van der Waals surface area contributed by atoms with Crippen LogP contribution in [0.15, 0.2) is 18.6 Å². The van der Waals surface area contributed by atoms with Crippen molar-refractivity contribution in [3.63, 3.8) is 0 Å². The van der Waals surface area contributed by atoms with Crippen molar-refractivity contribution < 1.29 is 8.78 Å². The largest absolute Gasteiger partial charge is 0.366 e. The lowest BCUT2D eigenvalue weighted by Crippen LogP contribution is -2.44. The third-order valence-electron chi connectivity index (χ3n) is 5.04. The van der Waals surface area contributed by atoms with Gasteiger partial charge in [0.05, 0.1) is 11.6 Å². The van der Waals surface area contributed by atoms with E-state index in [-0.39, 0.29) is 18.9 Å². The molecule has 0 amide bonds. The number of anilines is 1. The van der Waals surface area contributed by atoms with Crippen LogP contribution < -0.4 is 5.32 Å². The van der Waals surface area contributed by atoms with Crippen LogP contribution in [0.5, 0.6) is 0 Å². The Bertz CT molecular complexity index is 965. The molecule has 0 aromatic carbocycles. The monoisotopic (exact) mass is 373 g/mol. The van der Waals surface area contributed by atoms with Crippen LogP contribution in [0.25, 0.3) is 21.7 Å². The third kappa shape index (κ3) is 2.72. The lowest BCUT2D eigenvalue weighted by Gasteiger charge is -2.35. The van der Waals surface area contributed by atoms with Crippen LogP contribution in [-0.2, 0) is 12.8 Å². The molecule has 3 heterocycles. The highest BCUT2D eigenvalue weighted by Crippen LogP contribution is 2.43. The molecule has 5 nitrogen and oxygen atoms in total. The maximum absolute atomic E-state index is 13.3. The van der Waals surface area contributed by atoms with E-state index in [4.69, 9.17) is 4.98 Å². The van der Waals surface area contributed by atoms with E-state index >= 15 is 0 Å². The van der Waals surface area contributed by atoms with Gasteiger partial charge in [0.1, 0.15) is 16.3 Å². The summed E-state index contributed by atoms with van der Waals surface area (Å²) < 4.78 is 26.5. The fraction of sp³-hybridized carbons (Fsp3) is 0.444. The molecule has 134 valence electrons. The second kappa shape index (κ2) is 5.90. The molecule has 0 atom stereocenters. The Morgan fingerprint density at radius 1 is 1.12 bits per heavy atom. The number of rotatable bonds is 3. The molecule has 5 rings (SSSR count). The Kier molecular flexibility index (Phi) is 3.63. The van der Waals surface area contributed by atoms with Gasteiger partial charge in [-0.15, -0.1) is 11.3 Å². The van der Waals surface area contributed by atoms with Crippen molar-refractivity contribution >= 4 is 27.4 Å². The maximum atomic E-state index is 13.3. The number of thiophene rings is 1. The van der Waals surface area contributed by atoms with Crippen LogP contribution in [-0.4, -0.2) is 31.9 Å². The summed E-state index contributed by atoms with van der Waals surface area (Å²) in [4.78, 5) is 20.0. The van der Waals surface area contributed by atoms with Crippen LogP contribution in [0, 0.1) is 0 Å². The van der Waals surface area contributed by atoms with Crippen molar-refractivity contribution in [1.29, 1.82) is 0 Å². The maximum Gasteiger partial charge on any atom is 0.252 e. The van der Waals surface area contributed by atoms with Crippen LogP contribution in [0.1, 0.15) is 36.1 Å². The van der Waals surface area contributed by atoms with Crippen molar-refractivity contribution in [3.05, 3.63) is 29.0 Å². The second-order valence-corrected chi connectivity index (χ2v) is 8.07. The van der Waals surface area contributed by atoms with Gasteiger partial charge in [-0.3, -0.25) is 4.98 Å². The van der Waals surface area contributed by atoms with Gasteiger partial charge in [0.2, 0.25) is 0 Å². The molecule has 1 N–H and O–H groups in total. The molecular weight excluding hydrogens is 356 g/mol. The summed E-state index contributed by atoms with van der Waals surface area (Å²) in [7, 11) is 0.